The number of hydrogen-bond donors (Lipinski definition) is 2. The van der Waals surface area contributed by atoms with Crippen LogP contribution < -0.4 is 5.73 Å². The van der Waals surface area contributed by atoms with Crippen LogP contribution in [0.25, 0.3) is 0 Å². The molecule has 0 heterocycles. The predicted octanol–water partition coefficient (Wildman–Crippen LogP) is 0.787. The summed E-state index contributed by atoms with van der Waals surface area (Å²) in [6, 6.07) is 4.42. The maximum absolute atomic E-state index is 10.6. The molecule has 3 N–H and O–H groups in total. The molecule has 1 rings (SSSR count). The molecule has 0 unspecified atom stereocenters. The minimum absolute atomic E-state index is 0.0909. The van der Waals surface area contributed by atoms with E-state index in [1.807, 2.05) is 0 Å². The van der Waals surface area contributed by atoms with E-state index in [0.717, 1.165) is 0 Å². The number of hydrogen-bond acceptors (Lipinski definition) is 4. The number of aliphatic hydroxyl groups is 1. The predicted molar refractivity (Wildman–Crippen MR) is 59.6 cm³/mol. The number of nitrogens with zero attached hydrogens (tertiary/aromatic N) is 1. The van der Waals surface area contributed by atoms with Crippen molar-refractivity contribution in [2.75, 3.05) is 6.54 Å². The normalized spacial score (nSPS) is 9.38. The highest BCUT2D eigenvalue weighted by atomic mass is 16.6. The molecule has 5 nitrogen and oxygen atoms in total. The van der Waals surface area contributed by atoms with E-state index in [4.69, 9.17) is 10.8 Å². The summed E-state index contributed by atoms with van der Waals surface area (Å²) in [6.45, 7) is 0.107. The van der Waals surface area contributed by atoms with Crippen LogP contribution in [0.5, 0.6) is 0 Å². The summed E-state index contributed by atoms with van der Waals surface area (Å²) >= 11 is 0. The van der Waals surface area contributed by atoms with E-state index in [9.17, 15) is 10.1 Å². The lowest BCUT2D eigenvalue weighted by Crippen LogP contribution is -1.96. The molecule has 0 saturated heterocycles. The fraction of sp³-hybridized carbons (Fsp3) is 0.273. The second-order valence-corrected chi connectivity index (χ2v) is 3.10. The van der Waals surface area contributed by atoms with E-state index >= 15 is 0 Å². The van der Waals surface area contributed by atoms with Gasteiger partial charge in [-0.25, -0.2) is 0 Å². The van der Waals surface area contributed by atoms with Gasteiger partial charge in [0.05, 0.1) is 17.1 Å². The van der Waals surface area contributed by atoms with E-state index in [1.54, 1.807) is 6.07 Å². The number of nitro groups is 1. The number of rotatable bonds is 3. The van der Waals surface area contributed by atoms with Gasteiger partial charge in [-0.3, -0.25) is 10.1 Å². The summed E-state index contributed by atoms with van der Waals surface area (Å²) in [4.78, 5) is 10.1. The Labute approximate surface area is 93.0 Å². The first-order chi connectivity index (χ1) is 7.69. The molecule has 0 radical (unpaired) electrons. The SMILES string of the molecule is NCCC#Cc1ccc([N+](=O)[O-])c(CO)c1. The first kappa shape index (κ1) is 12.2. The lowest BCUT2D eigenvalue weighted by molar-refractivity contribution is -0.385. The summed E-state index contributed by atoms with van der Waals surface area (Å²) in [5, 5.41) is 19.6. The summed E-state index contributed by atoms with van der Waals surface area (Å²) in [7, 11) is 0. The van der Waals surface area contributed by atoms with Crippen LogP contribution in [0.3, 0.4) is 0 Å². The Morgan fingerprint density at radius 2 is 2.25 bits per heavy atom. The van der Waals surface area contributed by atoms with Crippen LogP contribution in [-0.4, -0.2) is 16.6 Å². The number of nitrogens with two attached hydrogens (primary N) is 1. The molecule has 0 amide bonds. The molecule has 0 saturated carbocycles. The summed E-state index contributed by atoms with van der Waals surface area (Å²) in [5.74, 6) is 5.65. The lowest BCUT2D eigenvalue weighted by atomic mass is 10.1. The largest absolute Gasteiger partial charge is 0.391 e. The van der Waals surface area contributed by atoms with Gasteiger partial charge in [-0.2, -0.15) is 0 Å². The van der Waals surface area contributed by atoms with Crippen molar-refractivity contribution < 1.29 is 10.0 Å². The Kier molecular flexibility index (Phi) is 4.45. The minimum Gasteiger partial charge on any atom is -0.391 e. The first-order valence-electron chi connectivity index (χ1n) is 4.76. The number of aliphatic hydroxyl groups excluding tert-OH is 1. The maximum Gasteiger partial charge on any atom is 0.274 e. The van der Waals surface area contributed by atoms with Gasteiger partial charge in [-0.1, -0.05) is 11.8 Å². The van der Waals surface area contributed by atoms with Crippen molar-refractivity contribution in [3.05, 3.63) is 39.4 Å². The zero-order valence-corrected chi connectivity index (χ0v) is 8.64. The van der Waals surface area contributed by atoms with Crippen molar-refractivity contribution in [2.45, 2.75) is 13.0 Å². The maximum atomic E-state index is 10.6. The van der Waals surface area contributed by atoms with Gasteiger partial charge in [-0.15, -0.1) is 0 Å². The highest BCUT2D eigenvalue weighted by Crippen LogP contribution is 2.19. The van der Waals surface area contributed by atoms with E-state index in [2.05, 4.69) is 11.8 Å². The van der Waals surface area contributed by atoms with Crippen molar-refractivity contribution in [1.82, 2.24) is 0 Å². The van der Waals surface area contributed by atoms with Gasteiger partial charge in [0, 0.05) is 24.6 Å². The molecule has 1 aromatic carbocycles. The van der Waals surface area contributed by atoms with Gasteiger partial charge in [0.1, 0.15) is 0 Å². The van der Waals surface area contributed by atoms with Gasteiger partial charge < -0.3 is 10.8 Å². The minimum atomic E-state index is -0.525. The molecule has 0 fully saturated rings. The molecule has 1 aromatic rings. The second kappa shape index (κ2) is 5.85. The fourth-order valence-electron chi connectivity index (χ4n) is 1.20. The van der Waals surface area contributed by atoms with Crippen molar-refractivity contribution >= 4 is 5.69 Å². The van der Waals surface area contributed by atoms with Gasteiger partial charge >= 0.3 is 0 Å². The van der Waals surface area contributed by atoms with Crippen molar-refractivity contribution in [2.24, 2.45) is 5.73 Å². The van der Waals surface area contributed by atoms with Crippen LogP contribution in [0, 0.1) is 22.0 Å². The summed E-state index contributed by atoms with van der Waals surface area (Å²) in [6.07, 6.45) is 0.575. The van der Waals surface area contributed by atoms with Crippen LogP contribution >= 0.6 is 0 Å². The van der Waals surface area contributed by atoms with E-state index in [-0.39, 0.29) is 17.9 Å². The Balaban J connectivity index is 3.01. The van der Waals surface area contributed by atoms with Gasteiger partial charge in [0.2, 0.25) is 0 Å². The molecule has 0 bridgehead atoms. The molecule has 5 heteroatoms. The average Bonchev–Trinajstić information content (AvgIpc) is 2.29. The molecule has 0 aliphatic rings. The van der Waals surface area contributed by atoms with Crippen LogP contribution in [0.4, 0.5) is 5.69 Å². The third-order valence-electron chi connectivity index (χ3n) is 1.95. The van der Waals surface area contributed by atoms with Crippen molar-refractivity contribution in [3.8, 4) is 11.8 Å². The highest BCUT2D eigenvalue weighted by molar-refractivity contribution is 5.47. The molecule has 0 atom stereocenters. The third kappa shape index (κ3) is 3.05. The number of nitro benzene ring substituents is 1. The van der Waals surface area contributed by atoms with Gasteiger partial charge in [-0.05, 0) is 12.1 Å². The molecule has 0 spiro atoms. The summed E-state index contributed by atoms with van der Waals surface area (Å²) < 4.78 is 0. The van der Waals surface area contributed by atoms with E-state index in [0.29, 0.717) is 18.5 Å². The molecular formula is C11H12N2O3. The van der Waals surface area contributed by atoms with Crippen molar-refractivity contribution in [1.29, 1.82) is 0 Å². The Morgan fingerprint density at radius 3 is 2.81 bits per heavy atom. The molecule has 0 aliphatic carbocycles. The number of benzene rings is 1. The topological polar surface area (TPSA) is 89.4 Å². The standard InChI is InChI=1S/C11H12N2O3/c12-6-2-1-3-9-4-5-11(13(15)16)10(7-9)8-14/h4-5,7,14H,2,6,8,12H2. The zero-order chi connectivity index (χ0) is 12.0. The molecule has 84 valence electrons. The highest BCUT2D eigenvalue weighted by Gasteiger charge is 2.12. The van der Waals surface area contributed by atoms with Crippen LogP contribution in [0.1, 0.15) is 17.5 Å². The van der Waals surface area contributed by atoms with Crippen molar-refractivity contribution in [3.63, 3.8) is 0 Å². The van der Waals surface area contributed by atoms with Gasteiger partial charge in [0.25, 0.3) is 5.69 Å². The molecule has 0 aromatic heterocycles. The average molecular weight is 220 g/mol. The fourth-order valence-corrected chi connectivity index (χ4v) is 1.20. The Morgan fingerprint density at radius 1 is 1.50 bits per heavy atom. The van der Waals surface area contributed by atoms with Crippen LogP contribution in [-0.2, 0) is 6.61 Å². The lowest BCUT2D eigenvalue weighted by Gasteiger charge is -1.99. The van der Waals surface area contributed by atoms with E-state index < -0.39 is 4.92 Å². The Bertz CT molecular complexity index is 446. The quantitative estimate of drug-likeness (QED) is 0.447. The zero-order valence-electron chi connectivity index (χ0n) is 8.64. The molecule has 0 aliphatic heterocycles. The van der Waals surface area contributed by atoms with Crippen LogP contribution in [0.2, 0.25) is 0 Å². The van der Waals surface area contributed by atoms with E-state index in [1.165, 1.54) is 12.1 Å². The molecular weight excluding hydrogens is 208 g/mol. The third-order valence-corrected chi connectivity index (χ3v) is 1.95. The van der Waals surface area contributed by atoms with Gasteiger partial charge in [0.15, 0.2) is 0 Å². The Hall–Kier alpha value is -1.90. The second-order valence-electron chi connectivity index (χ2n) is 3.10. The summed E-state index contributed by atoms with van der Waals surface area (Å²) in [5.41, 5.74) is 6.10. The first-order valence-corrected chi connectivity index (χ1v) is 4.76. The van der Waals surface area contributed by atoms with Crippen LogP contribution in [0.15, 0.2) is 18.2 Å². The molecule has 16 heavy (non-hydrogen) atoms. The smallest absolute Gasteiger partial charge is 0.274 e. The monoisotopic (exact) mass is 220 g/mol.